The number of nitrogens with one attached hydrogen (secondary N) is 1. The van der Waals surface area contributed by atoms with Gasteiger partial charge in [-0.25, -0.2) is 0 Å². The van der Waals surface area contributed by atoms with Crippen molar-refractivity contribution in [3.8, 4) is 11.5 Å². The number of aromatic nitrogens is 1. The van der Waals surface area contributed by atoms with Crippen molar-refractivity contribution < 1.29 is 19.1 Å². The van der Waals surface area contributed by atoms with Crippen molar-refractivity contribution in [3.05, 3.63) is 48.5 Å². The fourth-order valence-electron chi connectivity index (χ4n) is 3.12. The first kappa shape index (κ1) is 15.2. The highest BCUT2D eigenvalue weighted by Gasteiger charge is 2.10. The molecule has 0 fully saturated rings. The van der Waals surface area contributed by atoms with Crippen molar-refractivity contribution in [2.45, 2.75) is 13.8 Å². The average molecular weight is 333 g/mol. The zero-order valence-corrected chi connectivity index (χ0v) is 13.8. The van der Waals surface area contributed by atoms with Gasteiger partial charge < -0.3 is 14.5 Å². The van der Waals surface area contributed by atoms with Crippen LogP contribution in [0.15, 0.2) is 48.5 Å². The van der Waals surface area contributed by atoms with Crippen molar-refractivity contribution >= 4 is 44.5 Å². The molecule has 0 saturated heterocycles. The predicted octanol–water partition coefficient (Wildman–Crippen LogP) is 4.32. The summed E-state index contributed by atoms with van der Waals surface area (Å²) in [6, 6.07) is 15.0. The molecule has 0 atom stereocenters. The summed E-state index contributed by atoms with van der Waals surface area (Å²) in [7, 11) is 0. The Balaban J connectivity index is 1.92. The minimum absolute atomic E-state index is 0.343. The second-order valence-corrected chi connectivity index (χ2v) is 5.89. The molecule has 0 unspecified atom stereocenters. The maximum atomic E-state index is 11.2. The summed E-state index contributed by atoms with van der Waals surface area (Å²) in [6.07, 6.45) is 0. The van der Waals surface area contributed by atoms with E-state index >= 15 is 0 Å². The zero-order valence-electron chi connectivity index (χ0n) is 13.8. The molecule has 1 aromatic heterocycles. The molecule has 5 heteroatoms. The number of fused-ring (bicyclic) bond motifs is 5. The summed E-state index contributed by atoms with van der Waals surface area (Å²) in [5.41, 5.74) is 1.95. The second-order valence-electron chi connectivity index (χ2n) is 5.89. The molecule has 4 aromatic rings. The van der Waals surface area contributed by atoms with E-state index in [0.29, 0.717) is 11.5 Å². The molecule has 1 heterocycles. The number of rotatable bonds is 2. The van der Waals surface area contributed by atoms with Crippen LogP contribution >= 0.6 is 0 Å². The minimum atomic E-state index is -0.345. The first-order valence-electron chi connectivity index (χ1n) is 7.86. The summed E-state index contributed by atoms with van der Waals surface area (Å²) < 4.78 is 10.3. The van der Waals surface area contributed by atoms with E-state index in [9.17, 15) is 9.59 Å². The SMILES string of the molecule is CC(=O)Oc1ccc2c(ccc3c4cc(OC(C)=O)ccc4[nH]c23)c1. The minimum Gasteiger partial charge on any atom is -0.427 e. The molecule has 1 N–H and O–H groups in total. The van der Waals surface area contributed by atoms with E-state index in [1.165, 1.54) is 13.8 Å². The van der Waals surface area contributed by atoms with Gasteiger partial charge in [0.2, 0.25) is 0 Å². The molecule has 0 radical (unpaired) electrons. The van der Waals surface area contributed by atoms with Gasteiger partial charge in [0, 0.05) is 35.5 Å². The first-order valence-corrected chi connectivity index (χ1v) is 7.86. The molecule has 0 amide bonds. The highest BCUT2D eigenvalue weighted by Crippen LogP contribution is 2.34. The number of hydrogen-bond acceptors (Lipinski definition) is 4. The Morgan fingerprint density at radius 3 is 2.12 bits per heavy atom. The Bertz CT molecular complexity index is 1160. The highest BCUT2D eigenvalue weighted by atomic mass is 16.5. The molecule has 25 heavy (non-hydrogen) atoms. The van der Waals surface area contributed by atoms with Gasteiger partial charge in [0.15, 0.2) is 0 Å². The van der Waals surface area contributed by atoms with Crippen molar-refractivity contribution in [1.82, 2.24) is 4.98 Å². The number of aromatic amines is 1. The summed E-state index contributed by atoms with van der Waals surface area (Å²) in [4.78, 5) is 25.7. The molecule has 4 rings (SSSR count). The second kappa shape index (κ2) is 5.63. The zero-order chi connectivity index (χ0) is 17.6. The first-order chi connectivity index (χ1) is 12.0. The van der Waals surface area contributed by atoms with Crippen LogP contribution < -0.4 is 9.47 Å². The quantitative estimate of drug-likeness (QED) is 0.438. The highest BCUT2D eigenvalue weighted by molar-refractivity contribution is 6.17. The van der Waals surface area contributed by atoms with Gasteiger partial charge in [-0.05, 0) is 41.8 Å². The summed E-state index contributed by atoms with van der Waals surface area (Å²) in [5.74, 6) is 0.352. The van der Waals surface area contributed by atoms with Gasteiger partial charge in [-0.2, -0.15) is 0 Å². The number of H-pyrrole nitrogens is 1. The lowest BCUT2D eigenvalue weighted by Gasteiger charge is -2.04. The Morgan fingerprint density at radius 1 is 0.760 bits per heavy atom. The van der Waals surface area contributed by atoms with Gasteiger partial charge in [-0.3, -0.25) is 9.59 Å². The molecule has 3 aromatic carbocycles. The van der Waals surface area contributed by atoms with E-state index in [-0.39, 0.29) is 11.9 Å². The van der Waals surface area contributed by atoms with E-state index in [2.05, 4.69) is 4.98 Å². The number of hydrogen-bond donors (Lipinski definition) is 1. The lowest BCUT2D eigenvalue weighted by Crippen LogP contribution is -2.00. The number of esters is 2. The van der Waals surface area contributed by atoms with Crippen LogP contribution in [-0.2, 0) is 9.59 Å². The topological polar surface area (TPSA) is 68.4 Å². The Kier molecular flexibility index (Phi) is 3.42. The maximum Gasteiger partial charge on any atom is 0.308 e. The summed E-state index contributed by atoms with van der Waals surface area (Å²) >= 11 is 0. The van der Waals surface area contributed by atoms with Crippen LogP contribution in [0.5, 0.6) is 11.5 Å². The third-order valence-electron chi connectivity index (χ3n) is 4.06. The summed E-state index contributed by atoms with van der Waals surface area (Å²) in [5, 5.41) is 4.02. The third-order valence-corrected chi connectivity index (χ3v) is 4.06. The van der Waals surface area contributed by atoms with Crippen LogP contribution in [-0.4, -0.2) is 16.9 Å². The standard InChI is InChI=1S/C20H15NO4/c1-11(22)24-14-4-7-16-13(9-14)3-6-17-18-10-15(25-12(2)23)5-8-19(18)21-20(16)17/h3-10,21H,1-2H3. The normalized spacial score (nSPS) is 11.1. The molecule has 0 bridgehead atoms. The van der Waals surface area contributed by atoms with E-state index in [1.807, 2.05) is 36.4 Å². The van der Waals surface area contributed by atoms with Crippen molar-refractivity contribution in [2.75, 3.05) is 0 Å². The van der Waals surface area contributed by atoms with E-state index in [1.54, 1.807) is 12.1 Å². The van der Waals surface area contributed by atoms with E-state index in [0.717, 1.165) is 32.6 Å². The maximum absolute atomic E-state index is 11.2. The fraction of sp³-hybridized carbons (Fsp3) is 0.100. The average Bonchev–Trinajstić information content (AvgIpc) is 2.91. The largest absolute Gasteiger partial charge is 0.427 e. The molecule has 5 nitrogen and oxygen atoms in total. The molecular weight excluding hydrogens is 318 g/mol. The van der Waals surface area contributed by atoms with Crippen molar-refractivity contribution in [3.63, 3.8) is 0 Å². The Morgan fingerprint density at radius 2 is 1.40 bits per heavy atom. The number of ether oxygens (including phenoxy) is 2. The Labute approximate surface area is 143 Å². The predicted molar refractivity (Wildman–Crippen MR) is 95.9 cm³/mol. The van der Waals surface area contributed by atoms with Gasteiger partial charge in [0.25, 0.3) is 0 Å². The number of benzene rings is 3. The molecule has 0 aliphatic rings. The van der Waals surface area contributed by atoms with Gasteiger partial charge in [0.1, 0.15) is 11.5 Å². The van der Waals surface area contributed by atoms with Crippen molar-refractivity contribution in [1.29, 1.82) is 0 Å². The molecule has 0 spiro atoms. The lowest BCUT2D eigenvalue weighted by molar-refractivity contribution is -0.132. The molecule has 124 valence electrons. The van der Waals surface area contributed by atoms with Gasteiger partial charge in [0.05, 0.1) is 5.52 Å². The van der Waals surface area contributed by atoms with Crippen LogP contribution in [0.25, 0.3) is 32.6 Å². The number of carbonyl (C=O) groups excluding carboxylic acids is 2. The third kappa shape index (κ3) is 2.70. The van der Waals surface area contributed by atoms with Crippen molar-refractivity contribution in [2.24, 2.45) is 0 Å². The van der Waals surface area contributed by atoms with Crippen LogP contribution in [0.1, 0.15) is 13.8 Å². The van der Waals surface area contributed by atoms with Crippen LogP contribution in [0.4, 0.5) is 0 Å². The van der Waals surface area contributed by atoms with Gasteiger partial charge >= 0.3 is 11.9 Å². The van der Waals surface area contributed by atoms with Crippen LogP contribution in [0, 0.1) is 0 Å². The number of carbonyl (C=O) groups is 2. The van der Waals surface area contributed by atoms with E-state index in [4.69, 9.17) is 9.47 Å². The molecule has 0 aliphatic carbocycles. The smallest absolute Gasteiger partial charge is 0.308 e. The molecular formula is C20H15NO4. The summed E-state index contributed by atoms with van der Waals surface area (Å²) in [6.45, 7) is 2.76. The van der Waals surface area contributed by atoms with Crippen LogP contribution in [0.3, 0.4) is 0 Å². The molecule has 0 aliphatic heterocycles. The van der Waals surface area contributed by atoms with Gasteiger partial charge in [-0.15, -0.1) is 0 Å². The Hall–Kier alpha value is -3.34. The molecule has 0 saturated carbocycles. The lowest BCUT2D eigenvalue weighted by atomic mass is 10.1. The van der Waals surface area contributed by atoms with Gasteiger partial charge in [-0.1, -0.05) is 12.1 Å². The van der Waals surface area contributed by atoms with Crippen LogP contribution in [0.2, 0.25) is 0 Å². The fourth-order valence-corrected chi connectivity index (χ4v) is 3.12. The van der Waals surface area contributed by atoms with E-state index < -0.39 is 0 Å². The monoisotopic (exact) mass is 333 g/mol.